The summed E-state index contributed by atoms with van der Waals surface area (Å²) in [5.74, 6) is 1.89. The zero-order valence-electron chi connectivity index (χ0n) is 13.9. The number of rotatable bonds is 8. The molecule has 2 rings (SSSR count). The molecule has 0 aliphatic rings. The maximum absolute atomic E-state index is 9.87. The third-order valence-electron chi connectivity index (χ3n) is 3.09. The van der Waals surface area contributed by atoms with E-state index in [-0.39, 0.29) is 12.6 Å². The fourth-order valence-corrected chi connectivity index (χ4v) is 2.04. The van der Waals surface area contributed by atoms with Gasteiger partial charge in [-0.3, -0.25) is 5.32 Å². The first-order valence-electron chi connectivity index (χ1n) is 7.70. The number of aromatic nitrogens is 1. The van der Waals surface area contributed by atoms with Crippen molar-refractivity contribution in [1.82, 2.24) is 10.5 Å². The van der Waals surface area contributed by atoms with Crippen LogP contribution in [0.2, 0.25) is 0 Å². The van der Waals surface area contributed by atoms with Crippen molar-refractivity contribution in [2.75, 3.05) is 0 Å². The SMILES string of the molecule is Cc1cc(COc2ccccc2OC(NC(C)C)C(C)O)no1. The molecule has 0 spiro atoms. The summed E-state index contributed by atoms with van der Waals surface area (Å²) in [6.07, 6.45) is -1.18. The van der Waals surface area contributed by atoms with Crippen molar-refractivity contribution in [3.05, 3.63) is 41.8 Å². The average Bonchev–Trinajstić information content (AvgIpc) is 2.90. The van der Waals surface area contributed by atoms with E-state index in [1.807, 2.05) is 45.0 Å². The van der Waals surface area contributed by atoms with Crippen molar-refractivity contribution in [2.45, 2.75) is 52.7 Å². The fraction of sp³-hybridized carbons (Fsp3) is 0.471. The van der Waals surface area contributed by atoms with E-state index in [1.165, 1.54) is 0 Å². The molecule has 1 aromatic heterocycles. The predicted octanol–water partition coefficient (Wildman–Crippen LogP) is 2.65. The third kappa shape index (κ3) is 5.26. The van der Waals surface area contributed by atoms with Crippen LogP contribution in [-0.4, -0.2) is 28.6 Å². The van der Waals surface area contributed by atoms with Crippen LogP contribution in [-0.2, 0) is 6.61 Å². The monoisotopic (exact) mass is 320 g/mol. The predicted molar refractivity (Wildman–Crippen MR) is 86.4 cm³/mol. The zero-order valence-corrected chi connectivity index (χ0v) is 13.9. The van der Waals surface area contributed by atoms with E-state index in [0.29, 0.717) is 17.2 Å². The molecular weight excluding hydrogens is 296 g/mol. The van der Waals surface area contributed by atoms with Crippen LogP contribution in [0, 0.1) is 6.92 Å². The van der Waals surface area contributed by atoms with Crippen LogP contribution in [0.25, 0.3) is 0 Å². The van der Waals surface area contributed by atoms with Gasteiger partial charge in [0.25, 0.3) is 0 Å². The number of aryl methyl sites for hydroxylation is 1. The summed E-state index contributed by atoms with van der Waals surface area (Å²) in [7, 11) is 0. The molecule has 0 fully saturated rings. The summed E-state index contributed by atoms with van der Waals surface area (Å²) in [5.41, 5.74) is 0.713. The lowest BCUT2D eigenvalue weighted by Crippen LogP contribution is -2.46. The van der Waals surface area contributed by atoms with E-state index in [2.05, 4.69) is 10.5 Å². The standard InChI is InChI=1S/C17H24N2O4/c1-11(2)18-17(13(4)20)22-16-8-6-5-7-15(16)21-10-14-9-12(3)23-19-14/h5-9,11,13,17-18,20H,10H2,1-4H3. The van der Waals surface area contributed by atoms with Crippen molar-refractivity contribution < 1.29 is 19.1 Å². The van der Waals surface area contributed by atoms with Gasteiger partial charge in [-0.25, -0.2) is 0 Å². The number of nitrogens with one attached hydrogen (secondary N) is 1. The summed E-state index contributed by atoms with van der Waals surface area (Å²) >= 11 is 0. The number of hydrogen-bond acceptors (Lipinski definition) is 6. The number of para-hydroxylation sites is 2. The van der Waals surface area contributed by atoms with E-state index < -0.39 is 12.3 Å². The van der Waals surface area contributed by atoms with Gasteiger partial charge in [-0.15, -0.1) is 0 Å². The van der Waals surface area contributed by atoms with E-state index in [9.17, 15) is 5.11 Å². The number of aliphatic hydroxyl groups excluding tert-OH is 1. The molecule has 0 aliphatic heterocycles. The number of aliphatic hydroxyl groups is 1. The van der Waals surface area contributed by atoms with Crippen molar-refractivity contribution >= 4 is 0 Å². The van der Waals surface area contributed by atoms with Gasteiger partial charge in [0, 0.05) is 12.1 Å². The molecule has 6 nitrogen and oxygen atoms in total. The Kier molecular flexibility index (Phi) is 6.01. The molecule has 6 heteroatoms. The lowest BCUT2D eigenvalue weighted by atomic mass is 10.3. The van der Waals surface area contributed by atoms with Gasteiger partial charge in [0.2, 0.25) is 0 Å². The highest BCUT2D eigenvalue weighted by molar-refractivity contribution is 5.39. The normalized spacial score (nSPS) is 13.8. The Morgan fingerprint density at radius 3 is 2.48 bits per heavy atom. The van der Waals surface area contributed by atoms with Gasteiger partial charge in [-0.2, -0.15) is 0 Å². The molecule has 0 bridgehead atoms. The molecule has 0 saturated heterocycles. The molecule has 2 aromatic rings. The van der Waals surface area contributed by atoms with E-state index in [1.54, 1.807) is 13.0 Å². The maximum Gasteiger partial charge on any atom is 0.176 e. The van der Waals surface area contributed by atoms with Crippen molar-refractivity contribution in [3.63, 3.8) is 0 Å². The first-order chi connectivity index (χ1) is 11.0. The first-order valence-corrected chi connectivity index (χ1v) is 7.70. The minimum Gasteiger partial charge on any atom is -0.483 e. The van der Waals surface area contributed by atoms with Gasteiger partial charge in [0.15, 0.2) is 17.7 Å². The number of nitrogens with zero attached hydrogens (tertiary/aromatic N) is 1. The maximum atomic E-state index is 9.87. The van der Waals surface area contributed by atoms with Gasteiger partial charge in [0.05, 0.1) is 0 Å². The molecule has 2 N–H and O–H groups in total. The average molecular weight is 320 g/mol. The Morgan fingerprint density at radius 2 is 1.91 bits per heavy atom. The second-order valence-corrected chi connectivity index (χ2v) is 5.76. The Hall–Kier alpha value is -2.05. The highest BCUT2D eigenvalue weighted by Gasteiger charge is 2.19. The Morgan fingerprint density at radius 1 is 1.22 bits per heavy atom. The zero-order chi connectivity index (χ0) is 16.8. The summed E-state index contributed by atoms with van der Waals surface area (Å²) in [6.45, 7) is 7.79. The number of ether oxygens (including phenoxy) is 2. The number of hydrogen-bond donors (Lipinski definition) is 2. The van der Waals surface area contributed by atoms with Crippen LogP contribution >= 0.6 is 0 Å². The molecule has 1 heterocycles. The summed E-state index contributed by atoms with van der Waals surface area (Å²) < 4.78 is 16.7. The molecule has 2 unspecified atom stereocenters. The molecular formula is C17H24N2O4. The largest absolute Gasteiger partial charge is 0.483 e. The topological polar surface area (TPSA) is 76.8 Å². The second kappa shape index (κ2) is 7.99. The third-order valence-corrected chi connectivity index (χ3v) is 3.09. The highest BCUT2D eigenvalue weighted by Crippen LogP contribution is 2.28. The van der Waals surface area contributed by atoms with Crippen molar-refractivity contribution in [1.29, 1.82) is 0 Å². The molecule has 1 aromatic carbocycles. The van der Waals surface area contributed by atoms with E-state index in [4.69, 9.17) is 14.0 Å². The van der Waals surface area contributed by atoms with E-state index >= 15 is 0 Å². The minimum atomic E-state index is -0.663. The van der Waals surface area contributed by atoms with Gasteiger partial charge in [-0.1, -0.05) is 17.3 Å². The highest BCUT2D eigenvalue weighted by atomic mass is 16.5. The Labute approximate surface area is 136 Å². The lowest BCUT2D eigenvalue weighted by molar-refractivity contribution is 0.0197. The summed E-state index contributed by atoms with van der Waals surface area (Å²) in [4.78, 5) is 0. The van der Waals surface area contributed by atoms with Gasteiger partial charge in [0.1, 0.15) is 24.2 Å². The van der Waals surface area contributed by atoms with Crippen molar-refractivity contribution in [3.8, 4) is 11.5 Å². The molecule has 0 aliphatic carbocycles. The van der Waals surface area contributed by atoms with Gasteiger partial charge in [-0.05, 0) is 39.8 Å². The summed E-state index contributed by atoms with van der Waals surface area (Å²) in [6, 6.07) is 9.35. The molecule has 126 valence electrons. The van der Waals surface area contributed by atoms with Gasteiger partial charge >= 0.3 is 0 Å². The molecule has 0 saturated carbocycles. The summed E-state index contributed by atoms with van der Waals surface area (Å²) in [5, 5.41) is 16.9. The van der Waals surface area contributed by atoms with Crippen LogP contribution in [0.1, 0.15) is 32.2 Å². The molecule has 23 heavy (non-hydrogen) atoms. The van der Waals surface area contributed by atoms with Crippen LogP contribution in [0.4, 0.5) is 0 Å². The van der Waals surface area contributed by atoms with Crippen LogP contribution < -0.4 is 14.8 Å². The fourth-order valence-electron chi connectivity index (χ4n) is 2.04. The van der Waals surface area contributed by atoms with Crippen LogP contribution in [0.5, 0.6) is 11.5 Å². The number of benzene rings is 1. The van der Waals surface area contributed by atoms with Gasteiger partial charge < -0.3 is 19.1 Å². The smallest absolute Gasteiger partial charge is 0.176 e. The first kappa shape index (κ1) is 17.3. The van der Waals surface area contributed by atoms with Crippen LogP contribution in [0.15, 0.2) is 34.9 Å². The molecule has 2 atom stereocenters. The Bertz CT molecular complexity index is 610. The molecule has 0 amide bonds. The molecule has 0 radical (unpaired) electrons. The van der Waals surface area contributed by atoms with E-state index in [0.717, 1.165) is 5.76 Å². The second-order valence-electron chi connectivity index (χ2n) is 5.76. The Balaban J connectivity index is 2.06. The van der Waals surface area contributed by atoms with Crippen LogP contribution in [0.3, 0.4) is 0 Å². The lowest BCUT2D eigenvalue weighted by Gasteiger charge is -2.25. The van der Waals surface area contributed by atoms with Crippen molar-refractivity contribution in [2.24, 2.45) is 0 Å². The minimum absolute atomic E-state index is 0.181. The quantitative estimate of drug-likeness (QED) is 0.728.